The van der Waals surface area contributed by atoms with E-state index in [0.717, 1.165) is 30.4 Å². The minimum absolute atomic E-state index is 0.392. The predicted molar refractivity (Wildman–Crippen MR) is 80.4 cm³/mol. The molecular weight excluding hydrogens is 252 g/mol. The number of carbonyl (C=O) groups is 1. The van der Waals surface area contributed by atoms with Crippen LogP contribution in [-0.2, 0) is 0 Å². The van der Waals surface area contributed by atoms with Crippen LogP contribution < -0.4 is 4.90 Å². The number of nitrogens with one attached hydrogen (secondary N) is 1. The Hall–Kier alpha value is -1.88. The summed E-state index contributed by atoms with van der Waals surface area (Å²) in [5, 5.41) is 0. The molecule has 2 heterocycles. The van der Waals surface area contributed by atoms with Gasteiger partial charge in [0.25, 0.3) is 0 Å². The molecule has 0 bridgehead atoms. The lowest BCUT2D eigenvalue weighted by Crippen LogP contribution is -2.41. The van der Waals surface area contributed by atoms with Gasteiger partial charge in [-0.05, 0) is 45.1 Å². The third kappa shape index (κ3) is 2.41. The average molecular weight is 272 g/mol. The predicted octanol–water partition coefficient (Wildman–Crippen LogP) is 1.91. The van der Waals surface area contributed by atoms with Gasteiger partial charge in [-0.25, -0.2) is 4.98 Å². The minimum Gasteiger partial charge on any atom is -0.371 e. The average Bonchev–Trinajstić information content (AvgIpc) is 2.89. The summed E-state index contributed by atoms with van der Waals surface area (Å²) in [6, 6.07) is 6.85. The fourth-order valence-corrected chi connectivity index (χ4v) is 2.91. The molecule has 1 fully saturated rings. The normalized spacial score (nSPS) is 17.1. The van der Waals surface area contributed by atoms with E-state index in [1.807, 2.05) is 6.07 Å². The van der Waals surface area contributed by atoms with Gasteiger partial charge in [-0.2, -0.15) is 0 Å². The molecule has 1 aliphatic heterocycles. The number of fused-ring (bicyclic) bond motifs is 1. The van der Waals surface area contributed by atoms with Gasteiger partial charge in [0.1, 0.15) is 0 Å². The van der Waals surface area contributed by atoms with Crippen LogP contribution in [0.4, 0.5) is 5.69 Å². The van der Waals surface area contributed by atoms with Gasteiger partial charge in [0.2, 0.25) is 0 Å². The Morgan fingerprint density at radius 1 is 1.35 bits per heavy atom. The summed E-state index contributed by atoms with van der Waals surface area (Å²) in [6.45, 7) is 2.14. The van der Waals surface area contributed by atoms with Crippen molar-refractivity contribution >= 4 is 23.0 Å². The van der Waals surface area contributed by atoms with Crippen LogP contribution in [0, 0.1) is 0 Å². The van der Waals surface area contributed by atoms with Crippen LogP contribution in [0.2, 0.25) is 0 Å². The summed E-state index contributed by atoms with van der Waals surface area (Å²) < 4.78 is 0. The molecule has 0 atom stereocenters. The summed E-state index contributed by atoms with van der Waals surface area (Å²) in [6.07, 6.45) is 3.12. The van der Waals surface area contributed by atoms with E-state index in [-0.39, 0.29) is 0 Å². The molecule has 5 heteroatoms. The maximum absolute atomic E-state index is 10.8. The van der Waals surface area contributed by atoms with E-state index >= 15 is 0 Å². The van der Waals surface area contributed by atoms with E-state index in [4.69, 9.17) is 0 Å². The molecule has 0 spiro atoms. The van der Waals surface area contributed by atoms with Gasteiger partial charge < -0.3 is 14.8 Å². The van der Waals surface area contributed by atoms with Crippen molar-refractivity contribution in [1.29, 1.82) is 0 Å². The fraction of sp³-hybridized carbons (Fsp3) is 0.467. The zero-order chi connectivity index (χ0) is 14.1. The number of carbonyl (C=O) groups excluding carboxylic acids is 1. The number of anilines is 1. The lowest BCUT2D eigenvalue weighted by Gasteiger charge is -2.36. The fourth-order valence-electron chi connectivity index (χ4n) is 2.91. The van der Waals surface area contributed by atoms with Gasteiger partial charge in [0.05, 0.1) is 11.0 Å². The monoisotopic (exact) mass is 272 g/mol. The largest absolute Gasteiger partial charge is 0.371 e. The van der Waals surface area contributed by atoms with Crippen LogP contribution in [0.25, 0.3) is 11.0 Å². The van der Waals surface area contributed by atoms with E-state index in [1.54, 1.807) is 0 Å². The van der Waals surface area contributed by atoms with Crippen LogP contribution in [0.5, 0.6) is 0 Å². The van der Waals surface area contributed by atoms with E-state index < -0.39 is 0 Å². The molecule has 1 aromatic heterocycles. The van der Waals surface area contributed by atoms with Gasteiger partial charge in [-0.1, -0.05) is 0 Å². The molecule has 1 aliphatic rings. The molecule has 0 saturated carbocycles. The minimum atomic E-state index is 0.392. The Morgan fingerprint density at radius 2 is 2.10 bits per heavy atom. The highest BCUT2D eigenvalue weighted by atomic mass is 16.1. The molecule has 20 heavy (non-hydrogen) atoms. The van der Waals surface area contributed by atoms with E-state index in [2.05, 4.69) is 46.0 Å². The number of hydrogen-bond acceptors (Lipinski definition) is 4. The van der Waals surface area contributed by atoms with Crippen LogP contribution in [0.15, 0.2) is 18.2 Å². The second kappa shape index (κ2) is 5.25. The lowest BCUT2D eigenvalue weighted by molar-refractivity contribution is 0.111. The first-order valence-corrected chi connectivity index (χ1v) is 7.03. The van der Waals surface area contributed by atoms with Crippen LogP contribution in [-0.4, -0.2) is 54.4 Å². The number of H-pyrrole nitrogens is 1. The number of imidazole rings is 1. The number of rotatable bonds is 3. The maximum Gasteiger partial charge on any atom is 0.185 e. The van der Waals surface area contributed by atoms with Gasteiger partial charge in [-0.15, -0.1) is 0 Å². The quantitative estimate of drug-likeness (QED) is 0.867. The number of aldehydes is 1. The number of piperidine rings is 1. The number of hydrogen-bond donors (Lipinski definition) is 1. The van der Waals surface area contributed by atoms with Gasteiger partial charge in [0.15, 0.2) is 12.1 Å². The Morgan fingerprint density at radius 3 is 2.75 bits per heavy atom. The molecule has 2 aromatic rings. The van der Waals surface area contributed by atoms with Gasteiger partial charge >= 0.3 is 0 Å². The van der Waals surface area contributed by atoms with Crippen LogP contribution >= 0.6 is 0 Å². The van der Waals surface area contributed by atoms with Crippen molar-refractivity contribution in [3.8, 4) is 0 Å². The highest BCUT2D eigenvalue weighted by molar-refractivity contribution is 5.84. The summed E-state index contributed by atoms with van der Waals surface area (Å²) in [4.78, 5) is 22.7. The molecule has 1 saturated heterocycles. The third-order valence-corrected chi connectivity index (χ3v) is 4.16. The highest BCUT2D eigenvalue weighted by Crippen LogP contribution is 2.24. The van der Waals surface area contributed by atoms with Crippen LogP contribution in [0.1, 0.15) is 23.5 Å². The van der Waals surface area contributed by atoms with Crippen molar-refractivity contribution in [2.75, 3.05) is 32.1 Å². The topological polar surface area (TPSA) is 52.2 Å². The highest BCUT2D eigenvalue weighted by Gasteiger charge is 2.21. The molecule has 0 amide bonds. The first-order valence-electron chi connectivity index (χ1n) is 7.03. The van der Waals surface area contributed by atoms with E-state index in [1.165, 1.54) is 18.5 Å². The van der Waals surface area contributed by atoms with Crippen molar-refractivity contribution in [1.82, 2.24) is 14.9 Å². The lowest BCUT2D eigenvalue weighted by atomic mass is 10.0. The zero-order valence-corrected chi connectivity index (χ0v) is 12.0. The van der Waals surface area contributed by atoms with E-state index in [9.17, 15) is 4.79 Å². The second-order valence-corrected chi connectivity index (χ2v) is 5.62. The molecule has 0 unspecified atom stereocenters. The number of aromatic amines is 1. The Labute approximate surface area is 118 Å². The molecule has 0 aliphatic carbocycles. The molecule has 1 aromatic carbocycles. The van der Waals surface area contributed by atoms with Crippen molar-refractivity contribution in [3.63, 3.8) is 0 Å². The summed E-state index contributed by atoms with van der Waals surface area (Å²) in [5.74, 6) is 0.392. The Bertz CT molecular complexity index is 611. The first kappa shape index (κ1) is 13.1. The molecule has 1 N–H and O–H groups in total. The zero-order valence-electron chi connectivity index (χ0n) is 12.0. The Balaban J connectivity index is 1.79. The van der Waals surface area contributed by atoms with Crippen molar-refractivity contribution < 1.29 is 4.79 Å². The first-order chi connectivity index (χ1) is 9.67. The molecule has 3 rings (SSSR count). The molecule has 106 valence electrons. The SMILES string of the molecule is CN(C)C1CCN(c2ccc3[nH]c(C=O)nc3c2)CC1. The smallest absolute Gasteiger partial charge is 0.185 e. The van der Waals surface area contributed by atoms with Gasteiger partial charge in [-0.3, -0.25) is 4.79 Å². The maximum atomic E-state index is 10.8. The number of benzene rings is 1. The summed E-state index contributed by atoms with van der Waals surface area (Å²) >= 11 is 0. The third-order valence-electron chi connectivity index (χ3n) is 4.16. The van der Waals surface area contributed by atoms with Crippen molar-refractivity contribution in [3.05, 3.63) is 24.0 Å². The number of nitrogens with zero attached hydrogens (tertiary/aromatic N) is 3. The molecule has 5 nitrogen and oxygen atoms in total. The van der Waals surface area contributed by atoms with Crippen molar-refractivity contribution in [2.24, 2.45) is 0 Å². The summed E-state index contributed by atoms with van der Waals surface area (Å²) in [7, 11) is 4.30. The van der Waals surface area contributed by atoms with E-state index in [0.29, 0.717) is 11.9 Å². The standard InChI is InChI=1S/C15H20N4O/c1-18(2)11-5-7-19(8-6-11)12-3-4-13-14(9-12)17-15(10-20)16-13/h3-4,9-11H,5-8H2,1-2H3,(H,16,17). The van der Waals surface area contributed by atoms with Crippen molar-refractivity contribution in [2.45, 2.75) is 18.9 Å². The van der Waals surface area contributed by atoms with Crippen LogP contribution in [0.3, 0.4) is 0 Å². The van der Waals surface area contributed by atoms with Gasteiger partial charge in [0, 0.05) is 24.8 Å². The molecule has 0 radical (unpaired) electrons. The number of aromatic nitrogens is 2. The summed E-state index contributed by atoms with van der Waals surface area (Å²) in [5.41, 5.74) is 2.97. The second-order valence-electron chi connectivity index (χ2n) is 5.62. The molecular formula is C15H20N4O. The Kier molecular flexibility index (Phi) is 3.44.